The quantitative estimate of drug-likeness (QED) is 0.716. The smallest absolute Gasteiger partial charge is 0.349 e. The van der Waals surface area contributed by atoms with Crippen LogP contribution in [0.4, 0.5) is 0 Å². The highest BCUT2D eigenvalue weighted by Crippen LogP contribution is 2.23. The van der Waals surface area contributed by atoms with E-state index in [2.05, 4.69) is 26.2 Å². The second-order valence-corrected chi connectivity index (χ2v) is 6.05. The number of fused-ring (bicyclic) bond motifs is 1. The molecule has 1 aromatic carbocycles. The minimum Gasteiger partial charge on any atom is -0.422 e. The van der Waals surface area contributed by atoms with E-state index in [0.717, 1.165) is 15.6 Å². The number of carbonyl (C=O) groups excluding carboxylic acids is 1. The van der Waals surface area contributed by atoms with Crippen molar-refractivity contribution in [2.75, 3.05) is 0 Å². The number of carbonyl (C=O) groups is 1. The Kier molecular flexibility index (Phi) is 4.25. The molecule has 0 aliphatic rings. The SMILES string of the molecule is Cc1cc(Br)cc2cc(C(=O)NCc3cccnc3)c(=O)oc12. The number of pyridine rings is 1. The summed E-state index contributed by atoms with van der Waals surface area (Å²) < 4.78 is 6.16. The van der Waals surface area contributed by atoms with E-state index < -0.39 is 11.5 Å². The Hall–Kier alpha value is -2.47. The first-order chi connectivity index (χ1) is 11.0. The number of benzene rings is 1. The first kappa shape index (κ1) is 15.4. The monoisotopic (exact) mass is 372 g/mol. The van der Waals surface area contributed by atoms with Gasteiger partial charge in [-0.05, 0) is 42.3 Å². The molecule has 1 N–H and O–H groups in total. The van der Waals surface area contributed by atoms with Gasteiger partial charge in [0.2, 0.25) is 0 Å². The Labute approximate surface area is 140 Å². The lowest BCUT2D eigenvalue weighted by atomic mass is 10.1. The van der Waals surface area contributed by atoms with Gasteiger partial charge < -0.3 is 9.73 Å². The molecule has 6 heteroatoms. The minimum atomic E-state index is -0.647. The zero-order valence-electron chi connectivity index (χ0n) is 12.3. The Morgan fingerprint density at radius 2 is 2.17 bits per heavy atom. The predicted molar refractivity (Wildman–Crippen MR) is 90.3 cm³/mol. The molecule has 0 atom stereocenters. The van der Waals surface area contributed by atoms with Crippen LogP contribution in [0.2, 0.25) is 0 Å². The standard InChI is InChI=1S/C17H13BrN2O3/c1-10-5-13(18)6-12-7-14(17(22)23-15(10)12)16(21)20-9-11-3-2-4-19-8-11/h2-8H,9H2,1H3,(H,20,21). The molecule has 116 valence electrons. The lowest BCUT2D eigenvalue weighted by molar-refractivity contribution is 0.0947. The van der Waals surface area contributed by atoms with Gasteiger partial charge in [0, 0.05) is 28.8 Å². The summed E-state index contributed by atoms with van der Waals surface area (Å²) in [5, 5.41) is 3.40. The van der Waals surface area contributed by atoms with Gasteiger partial charge >= 0.3 is 5.63 Å². The molecule has 3 rings (SSSR count). The maximum absolute atomic E-state index is 12.2. The van der Waals surface area contributed by atoms with Crippen LogP contribution in [-0.4, -0.2) is 10.9 Å². The van der Waals surface area contributed by atoms with Crippen molar-refractivity contribution >= 4 is 32.8 Å². The molecule has 23 heavy (non-hydrogen) atoms. The molecule has 3 aromatic rings. The van der Waals surface area contributed by atoms with Gasteiger partial charge in [-0.15, -0.1) is 0 Å². The van der Waals surface area contributed by atoms with Crippen LogP contribution in [0, 0.1) is 6.92 Å². The van der Waals surface area contributed by atoms with Crippen molar-refractivity contribution < 1.29 is 9.21 Å². The molecule has 0 unspecified atom stereocenters. The third-order valence-corrected chi connectivity index (χ3v) is 3.86. The van der Waals surface area contributed by atoms with E-state index in [1.807, 2.05) is 25.1 Å². The molecule has 2 aromatic heterocycles. The number of nitrogens with zero attached hydrogens (tertiary/aromatic N) is 1. The van der Waals surface area contributed by atoms with Crippen molar-refractivity contribution in [2.45, 2.75) is 13.5 Å². The molecule has 0 saturated carbocycles. The summed E-state index contributed by atoms with van der Waals surface area (Å²) in [6.07, 6.45) is 3.31. The van der Waals surface area contributed by atoms with E-state index in [1.54, 1.807) is 24.5 Å². The lowest BCUT2D eigenvalue weighted by Crippen LogP contribution is -2.27. The second kappa shape index (κ2) is 6.34. The molecule has 2 heterocycles. The fraction of sp³-hybridized carbons (Fsp3) is 0.118. The molecule has 0 fully saturated rings. The van der Waals surface area contributed by atoms with Crippen molar-refractivity contribution in [3.05, 3.63) is 74.3 Å². The predicted octanol–water partition coefficient (Wildman–Crippen LogP) is 3.19. The van der Waals surface area contributed by atoms with Crippen LogP contribution in [0.5, 0.6) is 0 Å². The third-order valence-electron chi connectivity index (χ3n) is 3.40. The third kappa shape index (κ3) is 3.32. The van der Waals surface area contributed by atoms with Crippen molar-refractivity contribution in [1.29, 1.82) is 0 Å². The highest BCUT2D eigenvalue weighted by atomic mass is 79.9. The molecule has 0 bridgehead atoms. The van der Waals surface area contributed by atoms with Gasteiger partial charge in [-0.3, -0.25) is 9.78 Å². The first-order valence-corrected chi connectivity index (χ1v) is 7.75. The minimum absolute atomic E-state index is 0.0149. The van der Waals surface area contributed by atoms with Gasteiger partial charge in [0.05, 0.1) is 0 Å². The summed E-state index contributed by atoms with van der Waals surface area (Å²) in [5.74, 6) is -0.470. The van der Waals surface area contributed by atoms with Gasteiger partial charge in [0.15, 0.2) is 0 Å². The van der Waals surface area contributed by atoms with Crippen molar-refractivity contribution in [3.63, 3.8) is 0 Å². The van der Waals surface area contributed by atoms with E-state index in [9.17, 15) is 9.59 Å². The van der Waals surface area contributed by atoms with Gasteiger partial charge in [-0.25, -0.2) is 4.79 Å². The summed E-state index contributed by atoms with van der Waals surface area (Å²) in [6, 6.07) is 8.84. The average molecular weight is 373 g/mol. The molecule has 0 aliphatic heterocycles. The number of aryl methyl sites for hydroxylation is 1. The zero-order valence-corrected chi connectivity index (χ0v) is 13.9. The fourth-order valence-electron chi connectivity index (χ4n) is 2.30. The molecule has 0 aliphatic carbocycles. The van der Waals surface area contributed by atoms with Gasteiger partial charge in [0.1, 0.15) is 11.1 Å². The van der Waals surface area contributed by atoms with E-state index in [1.165, 1.54) is 0 Å². The van der Waals surface area contributed by atoms with Crippen LogP contribution < -0.4 is 10.9 Å². The van der Waals surface area contributed by atoms with Crippen molar-refractivity contribution in [3.8, 4) is 0 Å². The molecule has 0 radical (unpaired) electrons. The number of aromatic nitrogens is 1. The highest BCUT2D eigenvalue weighted by Gasteiger charge is 2.14. The summed E-state index contributed by atoms with van der Waals surface area (Å²) in [4.78, 5) is 28.3. The largest absolute Gasteiger partial charge is 0.422 e. The fourth-order valence-corrected chi connectivity index (χ4v) is 2.89. The van der Waals surface area contributed by atoms with E-state index in [-0.39, 0.29) is 5.56 Å². The molecular weight excluding hydrogens is 360 g/mol. The highest BCUT2D eigenvalue weighted by molar-refractivity contribution is 9.10. The van der Waals surface area contributed by atoms with E-state index in [0.29, 0.717) is 17.5 Å². The van der Waals surface area contributed by atoms with Crippen LogP contribution in [0.15, 0.2) is 56.4 Å². The summed E-state index contributed by atoms with van der Waals surface area (Å²) in [6.45, 7) is 2.14. The Balaban J connectivity index is 1.91. The maximum Gasteiger partial charge on any atom is 0.349 e. The Bertz CT molecular complexity index is 936. The number of hydrogen-bond acceptors (Lipinski definition) is 4. The van der Waals surface area contributed by atoms with Crippen LogP contribution in [-0.2, 0) is 6.54 Å². The molecular formula is C17H13BrN2O3. The average Bonchev–Trinajstić information content (AvgIpc) is 2.54. The van der Waals surface area contributed by atoms with Crippen molar-refractivity contribution in [1.82, 2.24) is 10.3 Å². The normalized spacial score (nSPS) is 10.7. The molecule has 1 amide bonds. The summed E-state index contributed by atoms with van der Waals surface area (Å²) in [5.41, 5.74) is 1.51. The number of nitrogens with one attached hydrogen (secondary N) is 1. The van der Waals surface area contributed by atoms with Crippen LogP contribution in [0.25, 0.3) is 11.0 Å². The van der Waals surface area contributed by atoms with Gasteiger partial charge in [-0.2, -0.15) is 0 Å². The van der Waals surface area contributed by atoms with Crippen molar-refractivity contribution in [2.24, 2.45) is 0 Å². The summed E-state index contributed by atoms with van der Waals surface area (Å²) >= 11 is 3.40. The topological polar surface area (TPSA) is 72.2 Å². The maximum atomic E-state index is 12.2. The van der Waals surface area contributed by atoms with E-state index in [4.69, 9.17) is 4.42 Å². The number of hydrogen-bond donors (Lipinski definition) is 1. The van der Waals surface area contributed by atoms with E-state index >= 15 is 0 Å². The molecule has 5 nitrogen and oxygen atoms in total. The Morgan fingerprint density at radius 3 is 2.91 bits per heavy atom. The number of rotatable bonds is 3. The Morgan fingerprint density at radius 1 is 1.35 bits per heavy atom. The second-order valence-electron chi connectivity index (χ2n) is 5.13. The molecule has 0 saturated heterocycles. The molecule has 0 spiro atoms. The van der Waals surface area contributed by atoms with Gasteiger partial charge in [-0.1, -0.05) is 22.0 Å². The van der Waals surface area contributed by atoms with Crippen LogP contribution in [0.1, 0.15) is 21.5 Å². The number of halogens is 1. The first-order valence-electron chi connectivity index (χ1n) is 6.96. The van der Waals surface area contributed by atoms with Crippen LogP contribution >= 0.6 is 15.9 Å². The zero-order chi connectivity index (χ0) is 16.4. The summed E-state index contributed by atoms with van der Waals surface area (Å²) in [7, 11) is 0. The van der Waals surface area contributed by atoms with Gasteiger partial charge in [0.25, 0.3) is 5.91 Å². The van der Waals surface area contributed by atoms with Crippen LogP contribution in [0.3, 0.4) is 0 Å². The lowest BCUT2D eigenvalue weighted by Gasteiger charge is -2.06. The number of amides is 1.